The maximum Gasteiger partial charge on any atom is 0.235 e. The van der Waals surface area contributed by atoms with E-state index in [1.165, 1.54) is 0 Å². The Morgan fingerprint density at radius 3 is 2.22 bits per heavy atom. The van der Waals surface area contributed by atoms with E-state index in [4.69, 9.17) is 5.73 Å². The zero-order chi connectivity index (χ0) is 27.2. The minimum absolute atomic E-state index is 0.0479. The minimum Gasteiger partial charge on any atom is -0.507 e. The highest BCUT2D eigenvalue weighted by molar-refractivity contribution is 6.31. The highest BCUT2D eigenvalue weighted by Gasteiger charge is 2.70. The van der Waals surface area contributed by atoms with Crippen molar-refractivity contribution in [3.63, 3.8) is 0 Å². The van der Waals surface area contributed by atoms with Crippen LogP contribution in [0.4, 0.5) is 0 Å². The lowest BCUT2D eigenvalue weighted by atomic mass is 9.50. The van der Waals surface area contributed by atoms with Gasteiger partial charge in [0.15, 0.2) is 34.7 Å². The van der Waals surface area contributed by atoms with Gasteiger partial charge in [-0.2, -0.15) is 0 Å². The monoisotopic (exact) mass is 499 g/mol. The largest absolute Gasteiger partial charge is 0.507 e. The number of carbonyl (C=O) groups excluding carboxylic acids is 5. The Hall–Kier alpha value is -2.91. The zero-order valence-corrected chi connectivity index (χ0v) is 21.3. The Bertz CT molecular complexity index is 1230. The van der Waals surface area contributed by atoms with Crippen molar-refractivity contribution >= 4 is 29.0 Å². The molecule has 3 aliphatic carbocycles. The Morgan fingerprint density at radius 2 is 1.72 bits per heavy atom. The van der Waals surface area contributed by atoms with E-state index < -0.39 is 82.2 Å². The number of aliphatic hydroxyl groups is 2. The van der Waals surface area contributed by atoms with Gasteiger partial charge in [0.05, 0.1) is 17.6 Å². The second-order valence-corrected chi connectivity index (χ2v) is 11.9. The third-order valence-electron chi connectivity index (χ3n) is 8.42. The number of primary amides is 1. The molecule has 2 fully saturated rings. The van der Waals surface area contributed by atoms with Crippen molar-refractivity contribution in [2.45, 2.75) is 76.9 Å². The number of hydrogen-bond acceptors (Lipinski definition) is 8. The molecule has 9 nitrogen and oxygen atoms in total. The summed E-state index contributed by atoms with van der Waals surface area (Å²) in [4.78, 5) is 65.2. The summed E-state index contributed by atoms with van der Waals surface area (Å²) in [5.41, 5.74) is 3.52. The number of nitrogens with two attached hydrogens (primary N) is 1. The normalized spacial score (nSPS) is 34.4. The highest BCUT2D eigenvalue weighted by atomic mass is 16.3. The number of carbonyl (C=O) groups is 5. The molecule has 0 heterocycles. The summed E-state index contributed by atoms with van der Waals surface area (Å²) in [6.45, 7) is 11.2. The van der Waals surface area contributed by atoms with Gasteiger partial charge in [0.1, 0.15) is 5.75 Å². The predicted molar refractivity (Wildman–Crippen MR) is 127 cm³/mol. The first-order chi connectivity index (χ1) is 16.5. The van der Waals surface area contributed by atoms with E-state index in [-0.39, 0.29) is 17.2 Å². The van der Waals surface area contributed by atoms with Crippen molar-refractivity contribution in [1.29, 1.82) is 0 Å². The van der Waals surface area contributed by atoms with Crippen LogP contribution in [0.15, 0.2) is 6.07 Å². The van der Waals surface area contributed by atoms with E-state index in [1.54, 1.807) is 6.92 Å². The van der Waals surface area contributed by atoms with Gasteiger partial charge in [-0.25, -0.2) is 0 Å². The van der Waals surface area contributed by atoms with Gasteiger partial charge in [-0.15, -0.1) is 0 Å². The molecule has 0 radical (unpaired) electrons. The van der Waals surface area contributed by atoms with Gasteiger partial charge < -0.3 is 21.1 Å². The van der Waals surface area contributed by atoms with Gasteiger partial charge in [-0.3, -0.25) is 24.0 Å². The molecule has 2 unspecified atom stereocenters. The van der Waals surface area contributed by atoms with E-state index in [2.05, 4.69) is 0 Å². The van der Waals surface area contributed by atoms with E-state index in [0.717, 1.165) is 5.56 Å². The lowest BCUT2D eigenvalue weighted by molar-refractivity contribution is -0.189. The maximum atomic E-state index is 14.0. The first-order valence-electron chi connectivity index (χ1n) is 12.2. The second kappa shape index (κ2) is 8.05. The Labute approximate surface area is 209 Å². The van der Waals surface area contributed by atoms with E-state index in [0.29, 0.717) is 11.1 Å². The average molecular weight is 500 g/mol. The summed E-state index contributed by atoms with van der Waals surface area (Å²) in [5.74, 6) is -12.7. The quantitative estimate of drug-likeness (QED) is 0.441. The molecule has 7 atom stereocenters. The fraction of sp³-hybridized carbons (Fsp3) is 0.593. The molecule has 4 rings (SSSR count). The van der Waals surface area contributed by atoms with Crippen LogP contribution in [-0.4, -0.2) is 56.1 Å². The lowest BCUT2D eigenvalue weighted by Crippen LogP contribution is -2.72. The highest BCUT2D eigenvalue weighted by Crippen LogP contribution is 2.56. The van der Waals surface area contributed by atoms with Crippen LogP contribution in [0, 0.1) is 23.7 Å². The van der Waals surface area contributed by atoms with Crippen LogP contribution in [0.1, 0.15) is 86.8 Å². The number of benzene rings is 1. The van der Waals surface area contributed by atoms with E-state index >= 15 is 0 Å². The number of ketones is 4. The van der Waals surface area contributed by atoms with Gasteiger partial charge in [0, 0.05) is 23.8 Å². The topological polar surface area (TPSA) is 172 Å². The Balaban J connectivity index is 1.98. The molecule has 36 heavy (non-hydrogen) atoms. The van der Waals surface area contributed by atoms with Gasteiger partial charge in [0.25, 0.3) is 0 Å². The van der Waals surface area contributed by atoms with Crippen molar-refractivity contribution in [1.82, 2.24) is 0 Å². The average Bonchev–Trinajstić information content (AvgIpc) is 2.75. The Morgan fingerprint density at radius 1 is 1.14 bits per heavy atom. The second-order valence-electron chi connectivity index (χ2n) is 11.9. The molecule has 0 bridgehead atoms. The summed E-state index contributed by atoms with van der Waals surface area (Å²) in [7, 11) is 0. The zero-order valence-electron chi connectivity index (χ0n) is 21.3. The summed E-state index contributed by atoms with van der Waals surface area (Å²) < 4.78 is 0. The molecule has 194 valence electrons. The fourth-order valence-electron chi connectivity index (χ4n) is 6.59. The molecule has 0 aromatic heterocycles. The van der Waals surface area contributed by atoms with Crippen molar-refractivity contribution in [2.24, 2.45) is 29.4 Å². The molecule has 3 aliphatic rings. The molecule has 0 aliphatic heterocycles. The minimum atomic E-state index is -2.92. The first kappa shape index (κ1) is 26.2. The van der Waals surface area contributed by atoms with Crippen molar-refractivity contribution < 1.29 is 39.3 Å². The van der Waals surface area contributed by atoms with Crippen LogP contribution in [0.3, 0.4) is 0 Å². The number of phenolic OH excluding ortho intramolecular Hbond substituents is 1. The number of aliphatic hydroxyl groups excluding tert-OH is 1. The van der Waals surface area contributed by atoms with Crippen LogP contribution < -0.4 is 5.73 Å². The molecule has 9 heteroatoms. The van der Waals surface area contributed by atoms with Gasteiger partial charge >= 0.3 is 0 Å². The number of fused-ring (bicyclic) bond motifs is 3. The van der Waals surface area contributed by atoms with Gasteiger partial charge in [0.2, 0.25) is 5.91 Å². The first-order valence-corrected chi connectivity index (χ1v) is 12.2. The lowest BCUT2D eigenvalue weighted by Gasteiger charge is -2.53. The van der Waals surface area contributed by atoms with Crippen molar-refractivity contribution in [3.05, 3.63) is 28.3 Å². The number of amides is 1. The Kier molecular flexibility index (Phi) is 5.85. The van der Waals surface area contributed by atoms with Crippen LogP contribution >= 0.6 is 0 Å². The number of hydrogen-bond donors (Lipinski definition) is 4. The van der Waals surface area contributed by atoms with E-state index in [9.17, 15) is 39.3 Å². The molecule has 0 saturated heterocycles. The number of phenols is 1. The maximum absolute atomic E-state index is 14.0. The summed E-state index contributed by atoms with van der Waals surface area (Å²) in [5, 5.41) is 34.1. The third-order valence-corrected chi connectivity index (χ3v) is 8.42. The third kappa shape index (κ3) is 3.25. The van der Waals surface area contributed by atoms with Gasteiger partial charge in [-0.1, -0.05) is 47.6 Å². The van der Waals surface area contributed by atoms with Crippen LogP contribution in [0.5, 0.6) is 5.75 Å². The fourth-order valence-corrected chi connectivity index (χ4v) is 6.59. The van der Waals surface area contributed by atoms with Crippen LogP contribution in [0.2, 0.25) is 0 Å². The standard InChI is InChI=1S/C27H33NO8/c1-9(2)11-7-12(26(4,5)6)20(30)18-15(11)10(3)16-19(22(18)32)24(34)27(36)13(21(16)31)8-14(29)17(23(27)33)25(28)35/h7,9-10,13,16-17,19,21,30-31,36H,8H2,1-6H3,(H2,28,35)/t10-,13+,16+,17?,19?,21+,27+/m0/s1. The molecule has 2 saturated carbocycles. The van der Waals surface area contributed by atoms with Crippen molar-refractivity contribution in [2.75, 3.05) is 0 Å². The summed E-state index contributed by atoms with van der Waals surface area (Å²) in [6, 6.07) is 1.85. The molecular formula is C27H33NO8. The SMILES string of the molecule is CC(C)c1cc(C(C)(C)C)c(O)c2c1[C@H](C)[C@@H]1C(C2=O)C(=O)[C@]2(O)C(=O)C(C(N)=O)C(=O)C[C@@H]2[C@H]1O. The molecular weight excluding hydrogens is 466 g/mol. The number of rotatable bonds is 2. The summed E-state index contributed by atoms with van der Waals surface area (Å²) in [6.07, 6.45) is -2.18. The van der Waals surface area contributed by atoms with Gasteiger partial charge in [-0.05, 0) is 28.4 Å². The molecule has 1 aromatic rings. The number of Topliss-reactive ketones (excluding diaryl/α,β-unsaturated/α-hetero) is 4. The summed E-state index contributed by atoms with van der Waals surface area (Å²) >= 11 is 0. The molecule has 1 aromatic carbocycles. The van der Waals surface area contributed by atoms with E-state index in [1.807, 2.05) is 40.7 Å². The molecule has 0 spiro atoms. The van der Waals surface area contributed by atoms with Crippen molar-refractivity contribution in [3.8, 4) is 5.75 Å². The number of aromatic hydroxyl groups is 1. The predicted octanol–water partition coefficient (Wildman–Crippen LogP) is 1.28. The van der Waals surface area contributed by atoms with Crippen LogP contribution in [0.25, 0.3) is 0 Å². The molecule has 1 amide bonds. The molecule has 5 N–H and O–H groups in total. The van der Waals surface area contributed by atoms with Crippen LogP contribution in [-0.2, 0) is 24.6 Å². The smallest absolute Gasteiger partial charge is 0.235 e.